The fourth-order valence-electron chi connectivity index (χ4n) is 2.41. The third-order valence-corrected chi connectivity index (χ3v) is 3.33. The molecule has 7 heteroatoms. The number of carboxylic acids is 1. The molecule has 0 spiro atoms. The summed E-state index contributed by atoms with van der Waals surface area (Å²) in [5, 5.41) is 15.8. The molecule has 0 aliphatic carbocycles. The third-order valence-electron chi connectivity index (χ3n) is 3.33. The maximum absolute atomic E-state index is 13.1. The standard InChI is InChI=1S/C14H15F2N3O2/c1-7-4-8(2)10(9(3)5-7)6-19-12(13(15)16)11(14(20)21)17-18-19/h4-5,13H,6H2,1-3H3,(H,20,21). The van der Waals surface area contributed by atoms with Crippen LogP contribution in [0.4, 0.5) is 8.78 Å². The molecule has 0 aliphatic heterocycles. The van der Waals surface area contributed by atoms with Gasteiger partial charge < -0.3 is 5.11 Å². The number of aromatic carboxylic acids is 1. The molecule has 0 unspecified atom stereocenters. The van der Waals surface area contributed by atoms with Gasteiger partial charge in [0.25, 0.3) is 6.43 Å². The van der Waals surface area contributed by atoms with E-state index < -0.39 is 23.8 Å². The van der Waals surface area contributed by atoms with Gasteiger partial charge in [-0.05, 0) is 37.5 Å². The molecule has 1 N–H and O–H groups in total. The van der Waals surface area contributed by atoms with Crippen LogP contribution in [0.25, 0.3) is 0 Å². The zero-order valence-electron chi connectivity index (χ0n) is 11.9. The first-order valence-electron chi connectivity index (χ1n) is 6.32. The topological polar surface area (TPSA) is 68.0 Å². The Bertz CT molecular complexity index is 673. The lowest BCUT2D eigenvalue weighted by molar-refractivity contribution is 0.0675. The fraction of sp³-hybridized carbons (Fsp3) is 0.357. The maximum Gasteiger partial charge on any atom is 0.358 e. The minimum atomic E-state index is -2.95. The number of carbonyl (C=O) groups is 1. The van der Waals surface area contributed by atoms with Crippen LogP contribution in [0.5, 0.6) is 0 Å². The molecular formula is C14H15F2N3O2. The average Bonchev–Trinajstić information content (AvgIpc) is 2.77. The Kier molecular flexibility index (Phi) is 4.02. The lowest BCUT2D eigenvalue weighted by Gasteiger charge is -2.13. The first-order valence-corrected chi connectivity index (χ1v) is 6.32. The first kappa shape index (κ1) is 15.1. The van der Waals surface area contributed by atoms with Crippen LogP contribution in [0, 0.1) is 20.8 Å². The molecule has 1 heterocycles. The van der Waals surface area contributed by atoms with Crippen molar-refractivity contribution >= 4 is 5.97 Å². The van der Waals surface area contributed by atoms with Crippen LogP contribution in [0.2, 0.25) is 0 Å². The number of aromatic nitrogens is 3. The third kappa shape index (κ3) is 2.91. The number of aryl methyl sites for hydroxylation is 3. The van der Waals surface area contributed by atoms with Gasteiger partial charge in [0.05, 0.1) is 6.54 Å². The van der Waals surface area contributed by atoms with Crippen molar-refractivity contribution in [2.75, 3.05) is 0 Å². The molecule has 0 radical (unpaired) electrons. The summed E-state index contributed by atoms with van der Waals surface area (Å²) < 4.78 is 27.1. The van der Waals surface area contributed by atoms with Crippen LogP contribution in [-0.2, 0) is 6.54 Å². The van der Waals surface area contributed by atoms with Crippen molar-refractivity contribution in [3.05, 3.63) is 45.8 Å². The van der Waals surface area contributed by atoms with Gasteiger partial charge in [0.15, 0.2) is 5.69 Å². The average molecular weight is 295 g/mol. The Balaban J connectivity index is 2.48. The lowest BCUT2D eigenvalue weighted by atomic mass is 10.00. The molecule has 0 aliphatic rings. The van der Waals surface area contributed by atoms with E-state index in [0.29, 0.717) is 0 Å². The Hall–Kier alpha value is -2.31. The zero-order chi connectivity index (χ0) is 15.7. The van der Waals surface area contributed by atoms with Crippen LogP contribution >= 0.6 is 0 Å². The number of hydrogen-bond donors (Lipinski definition) is 1. The summed E-state index contributed by atoms with van der Waals surface area (Å²) >= 11 is 0. The van der Waals surface area contributed by atoms with Crippen molar-refractivity contribution in [3.8, 4) is 0 Å². The number of carboxylic acid groups (broad SMARTS) is 1. The number of rotatable bonds is 4. The van der Waals surface area contributed by atoms with Crippen LogP contribution in [-0.4, -0.2) is 26.1 Å². The molecule has 5 nitrogen and oxygen atoms in total. The van der Waals surface area contributed by atoms with Gasteiger partial charge >= 0.3 is 5.97 Å². The normalized spacial score (nSPS) is 11.1. The van der Waals surface area contributed by atoms with Crippen molar-refractivity contribution in [2.45, 2.75) is 33.7 Å². The number of halogens is 2. The van der Waals surface area contributed by atoms with Crippen molar-refractivity contribution < 1.29 is 18.7 Å². The number of hydrogen-bond acceptors (Lipinski definition) is 3. The molecule has 0 fully saturated rings. The first-order chi connectivity index (χ1) is 9.81. The Labute approximate surface area is 120 Å². The highest BCUT2D eigenvalue weighted by Gasteiger charge is 2.26. The summed E-state index contributed by atoms with van der Waals surface area (Å²) in [6.45, 7) is 5.78. The Morgan fingerprint density at radius 3 is 2.33 bits per heavy atom. The molecule has 0 amide bonds. The second kappa shape index (κ2) is 5.59. The predicted molar refractivity (Wildman–Crippen MR) is 71.7 cm³/mol. The highest BCUT2D eigenvalue weighted by molar-refractivity contribution is 5.86. The molecule has 112 valence electrons. The van der Waals surface area contributed by atoms with E-state index in [1.807, 2.05) is 32.9 Å². The minimum Gasteiger partial charge on any atom is -0.476 e. The number of benzene rings is 1. The van der Waals surface area contributed by atoms with Crippen molar-refractivity contribution in [3.63, 3.8) is 0 Å². The van der Waals surface area contributed by atoms with Crippen LogP contribution < -0.4 is 0 Å². The second-order valence-electron chi connectivity index (χ2n) is 4.96. The van der Waals surface area contributed by atoms with Crippen molar-refractivity contribution in [2.24, 2.45) is 0 Å². The van der Waals surface area contributed by atoms with E-state index in [4.69, 9.17) is 5.11 Å². The smallest absolute Gasteiger partial charge is 0.358 e. The summed E-state index contributed by atoms with van der Waals surface area (Å²) in [5.74, 6) is -1.51. The van der Waals surface area contributed by atoms with Crippen LogP contribution in [0.15, 0.2) is 12.1 Å². The van der Waals surface area contributed by atoms with Gasteiger partial charge in [0.1, 0.15) is 5.69 Å². The predicted octanol–water partition coefficient (Wildman–Crippen LogP) is 2.89. The van der Waals surface area contributed by atoms with E-state index >= 15 is 0 Å². The maximum atomic E-state index is 13.1. The van der Waals surface area contributed by atoms with Gasteiger partial charge in [-0.15, -0.1) is 5.10 Å². The quantitative estimate of drug-likeness (QED) is 0.941. The summed E-state index contributed by atoms with van der Waals surface area (Å²) in [6.07, 6.45) is -2.95. The van der Waals surface area contributed by atoms with Gasteiger partial charge in [0.2, 0.25) is 0 Å². The van der Waals surface area contributed by atoms with Gasteiger partial charge in [-0.3, -0.25) is 0 Å². The van der Waals surface area contributed by atoms with Gasteiger partial charge in [-0.2, -0.15) is 0 Å². The molecule has 1 aromatic carbocycles. The van der Waals surface area contributed by atoms with Gasteiger partial charge in [0, 0.05) is 0 Å². The van der Waals surface area contributed by atoms with Gasteiger partial charge in [-0.25, -0.2) is 18.3 Å². The van der Waals surface area contributed by atoms with E-state index in [9.17, 15) is 13.6 Å². The van der Waals surface area contributed by atoms with E-state index in [0.717, 1.165) is 26.9 Å². The van der Waals surface area contributed by atoms with E-state index in [1.54, 1.807) is 0 Å². The molecule has 0 saturated heterocycles. The molecule has 2 aromatic rings. The molecular weight excluding hydrogens is 280 g/mol. The van der Waals surface area contributed by atoms with Crippen LogP contribution in [0.3, 0.4) is 0 Å². The largest absolute Gasteiger partial charge is 0.476 e. The monoisotopic (exact) mass is 295 g/mol. The van der Waals surface area contributed by atoms with E-state index in [2.05, 4.69) is 10.3 Å². The fourth-order valence-corrected chi connectivity index (χ4v) is 2.41. The Morgan fingerprint density at radius 1 is 1.29 bits per heavy atom. The Morgan fingerprint density at radius 2 is 1.86 bits per heavy atom. The summed E-state index contributed by atoms with van der Waals surface area (Å²) in [4.78, 5) is 10.9. The molecule has 21 heavy (non-hydrogen) atoms. The zero-order valence-corrected chi connectivity index (χ0v) is 11.9. The van der Waals surface area contributed by atoms with Crippen LogP contribution in [0.1, 0.15) is 44.9 Å². The minimum absolute atomic E-state index is 0.0674. The van der Waals surface area contributed by atoms with Crippen molar-refractivity contribution in [1.82, 2.24) is 15.0 Å². The van der Waals surface area contributed by atoms with Gasteiger partial charge in [-0.1, -0.05) is 22.9 Å². The SMILES string of the molecule is Cc1cc(C)c(Cn2nnc(C(=O)O)c2C(F)F)c(C)c1. The second-order valence-corrected chi connectivity index (χ2v) is 4.96. The number of nitrogens with zero attached hydrogens (tertiary/aromatic N) is 3. The van der Waals surface area contributed by atoms with E-state index in [-0.39, 0.29) is 6.54 Å². The molecule has 0 atom stereocenters. The van der Waals surface area contributed by atoms with E-state index in [1.165, 1.54) is 0 Å². The molecule has 0 saturated carbocycles. The summed E-state index contributed by atoms with van der Waals surface area (Å²) in [7, 11) is 0. The summed E-state index contributed by atoms with van der Waals surface area (Å²) in [6, 6.07) is 3.89. The number of alkyl halides is 2. The highest BCUT2D eigenvalue weighted by Crippen LogP contribution is 2.24. The highest BCUT2D eigenvalue weighted by atomic mass is 19.3. The molecule has 0 bridgehead atoms. The summed E-state index contributed by atoms with van der Waals surface area (Å²) in [5.41, 5.74) is 2.44. The lowest BCUT2D eigenvalue weighted by Crippen LogP contribution is -2.11. The molecule has 1 aromatic heterocycles. The van der Waals surface area contributed by atoms with Crippen molar-refractivity contribution in [1.29, 1.82) is 0 Å². The molecule has 2 rings (SSSR count).